The van der Waals surface area contributed by atoms with Crippen LogP contribution in [0, 0.1) is 0 Å². The molecule has 0 fully saturated rings. The predicted octanol–water partition coefficient (Wildman–Crippen LogP) is 1.73. The molecule has 1 aromatic carbocycles. The van der Waals surface area contributed by atoms with Crippen LogP contribution in [-0.4, -0.2) is 13.0 Å². The third-order valence-corrected chi connectivity index (χ3v) is 2.60. The van der Waals surface area contributed by atoms with Crippen molar-refractivity contribution in [2.45, 2.75) is 0 Å². The smallest absolute Gasteiger partial charge is 0.291 e. The second-order valence-electron chi connectivity index (χ2n) is 3.17. The van der Waals surface area contributed by atoms with Gasteiger partial charge in [0, 0.05) is 23.0 Å². The molecule has 0 amide bonds. The van der Waals surface area contributed by atoms with E-state index in [0.29, 0.717) is 0 Å². The van der Waals surface area contributed by atoms with Crippen LogP contribution >= 0.6 is 11.5 Å². The summed E-state index contributed by atoms with van der Waals surface area (Å²) in [7, 11) is -3.38. The molecule has 0 spiro atoms. The van der Waals surface area contributed by atoms with Gasteiger partial charge in [0.2, 0.25) is 0 Å². The zero-order valence-electron chi connectivity index (χ0n) is 9.41. The van der Waals surface area contributed by atoms with Gasteiger partial charge in [0.1, 0.15) is 5.69 Å². The molecule has 0 unspecified atom stereocenters. The Morgan fingerprint density at radius 1 is 1.28 bits per heavy atom. The van der Waals surface area contributed by atoms with Crippen molar-refractivity contribution in [3.05, 3.63) is 41.8 Å². The molecule has 0 bridgehead atoms. The Labute approximate surface area is 109 Å². The molecule has 5 nitrogen and oxygen atoms in total. The standard InChI is InChI=1S/C10H10N2S.FHO3S/c1-12-10(7-8-13-12)11-9-5-3-2-4-6-9;1-5(2,3)4/h2-8H,1H3;(H,2,3,4). The number of hydrogen-bond acceptors (Lipinski definition) is 5. The molecule has 0 radical (unpaired) electrons. The van der Waals surface area contributed by atoms with Crippen molar-refractivity contribution < 1.29 is 20.8 Å². The van der Waals surface area contributed by atoms with E-state index in [1.54, 1.807) is 11.5 Å². The van der Waals surface area contributed by atoms with Crippen LogP contribution in [0.15, 0.2) is 41.8 Å². The Bertz CT molecular complexity index is 576. The van der Waals surface area contributed by atoms with E-state index in [-0.39, 0.29) is 0 Å². The minimum Gasteiger partial charge on any atom is -0.722 e. The van der Waals surface area contributed by atoms with Gasteiger partial charge in [-0.2, -0.15) is 3.96 Å². The van der Waals surface area contributed by atoms with E-state index in [1.165, 1.54) is 0 Å². The minimum absolute atomic E-state index is 1.12. The van der Waals surface area contributed by atoms with E-state index in [0.717, 1.165) is 11.5 Å². The first-order valence-electron chi connectivity index (χ1n) is 4.78. The molecule has 0 saturated carbocycles. The largest absolute Gasteiger partial charge is 0.722 e. The molecule has 1 N–H and O–H groups in total. The monoisotopic (exact) mass is 290 g/mol. The summed E-state index contributed by atoms with van der Waals surface area (Å²) in [5, 5.41) is 5.39. The lowest BCUT2D eigenvalue weighted by Crippen LogP contribution is -2.24. The van der Waals surface area contributed by atoms with E-state index in [9.17, 15) is 3.89 Å². The lowest BCUT2D eigenvalue weighted by atomic mass is 10.3. The van der Waals surface area contributed by atoms with Crippen molar-refractivity contribution in [1.29, 1.82) is 0 Å². The van der Waals surface area contributed by atoms with Gasteiger partial charge in [0.15, 0.2) is 0 Å². The Morgan fingerprint density at radius 3 is 2.28 bits per heavy atom. The lowest BCUT2D eigenvalue weighted by molar-refractivity contribution is -0.585. The maximum Gasteiger partial charge on any atom is 0.291 e. The highest BCUT2D eigenvalue weighted by molar-refractivity contribution is 7.80. The van der Waals surface area contributed by atoms with Crippen molar-refractivity contribution in [2.75, 3.05) is 5.32 Å². The molecule has 98 valence electrons. The van der Waals surface area contributed by atoms with Crippen molar-refractivity contribution in [1.82, 2.24) is 0 Å². The number of nitrogens with zero attached hydrogens (tertiary/aromatic N) is 1. The van der Waals surface area contributed by atoms with Crippen molar-refractivity contribution in [3.63, 3.8) is 0 Å². The number of para-hydroxylation sites is 1. The Balaban J connectivity index is 0.000000280. The molecule has 0 aliphatic carbocycles. The van der Waals surface area contributed by atoms with E-state index < -0.39 is 10.5 Å². The molecule has 1 heterocycles. The number of nitrogens with one attached hydrogen (secondary N) is 1. The average molecular weight is 290 g/mol. The van der Waals surface area contributed by atoms with Crippen LogP contribution in [0.3, 0.4) is 0 Å². The van der Waals surface area contributed by atoms with Gasteiger partial charge in [-0.3, -0.25) is 0 Å². The van der Waals surface area contributed by atoms with Gasteiger partial charge in [0.25, 0.3) is 16.3 Å². The second-order valence-corrected chi connectivity index (χ2v) is 4.99. The summed E-state index contributed by atoms with van der Waals surface area (Å²) in [6.45, 7) is 0. The number of anilines is 2. The highest BCUT2D eigenvalue weighted by Crippen LogP contribution is 2.12. The Kier molecular flexibility index (Phi) is 5.20. The zero-order chi connectivity index (χ0) is 13.6. The van der Waals surface area contributed by atoms with Crippen LogP contribution in [0.4, 0.5) is 15.4 Å². The highest BCUT2D eigenvalue weighted by Gasteiger charge is 2.06. The first kappa shape index (κ1) is 14.6. The summed E-state index contributed by atoms with van der Waals surface area (Å²) in [5.41, 5.74) is 1.12. The first-order chi connectivity index (χ1) is 8.36. The van der Waals surface area contributed by atoms with Crippen LogP contribution in [0.25, 0.3) is 0 Å². The molecule has 1 aromatic heterocycles. The van der Waals surface area contributed by atoms with Crippen molar-refractivity contribution >= 4 is 33.5 Å². The average Bonchev–Trinajstić information content (AvgIpc) is 2.64. The Hall–Kier alpha value is -1.51. The number of aryl methyl sites for hydroxylation is 1. The maximum atomic E-state index is 10.1. The molecular weight excluding hydrogens is 279 g/mol. The molecule has 0 saturated heterocycles. The second kappa shape index (κ2) is 6.43. The maximum absolute atomic E-state index is 10.1. The molecule has 0 atom stereocenters. The summed E-state index contributed by atoms with van der Waals surface area (Å²) in [6, 6.07) is 12.2. The number of aromatic nitrogens is 1. The van der Waals surface area contributed by atoms with Gasteiger partial charge in [-0.15, -0.1) is 3.89 Å². The van der Waals surface area contributed by atoms with Crippen molar-refractivity contribution in [3.8, 4) is 0 Å². The van der Waals surface area contributed by atoms with Gasteiger partial charge in [-0.25, -0.2) is 13.7 Å². The zero-order valence-corrected chi connectivity index (χ0v) is 11.0. The third kappa shape index (κ3) is 6.28. The minimum atomic E-state index is -5.42. The van der Waals surface area contributed by atoms with Crippen LogP contribution < -0.4 is 9.27 Å². The fraction of sp³-hybridized carbons (Fsp3) is 0.100. The van der Waals surface area contributed by atoms with Gasteiger partial charge in [0.05, 0.1) is 7.05 Å². The number of halogens is 1. The molecule has 0 aliphatic rings. The van der Waals surface area contributed by atoms with Crippen LogP contribution in [0.2, 0.25) is 0 Å². The van der Waals surface area contributed by atoms with Crippen LogP contribution in [0.5, 0.6) is 0 Å². The fourth-order valence-electron chi connectivity index (χ4n) is 1.14. The van der Waals surface area contributed by atoms with Crippen molar-refractivity contribution in [2.24, 2.45) is 7.05 Å². The van der Waals surface area contributed by atoms with E-state index in [2.05, 4.69) is 32.9 Å². The summed E-state index contributed by atoms with van der Waals surface area (Å²) in [5.74, 6) is 1.12. The first-order valence-corrected chi connectivity index (χ1v) is 6.92. The predicted molar refractivity (Wildman–Crippen MR) is 66.0 cm³/mol. The molecule has 18 heavy (non-hydrogen) atoms. The Morgan fingerprint density at radius 2 is 1.83 bits per heavy atom. The number of hydrogen-bond donors (Lipinski definition) is 1. The molecule has 0 aliphatic heterocycles. The quantitative estimate of drug-likeness (QED) is 0.519. The van der Waals surface area contributed by atoms with Gasteiger partial charge < -0.3 is 4.55 Å². The summed E-state index contributed by atoms with van der Waals surface area (Å²) in [6.07, 6.45) is 0. The van der Waals surface area contributed by atoms with Crippen LogP contribution in [-0.2, 0) is 17.6 Å². The number of benzene rings is 1. The fourth-order valence-corrected chi connectivity index (χ4v) is 1.73. The van der Waals surface area contributed by atoms with E-state index in [4.69, 9.17) is 13.0 Å². The van der Waals surface area contributed by atoms with Gasteiger partial charge in [-0.1, -0.05) is 18.2 Å². The molecular formula is C10H11FN2O3S2. The third-order valence-electron chi connectivity index (χ3n) is 1.83. The molecule has 2 rings (SSSR count). The summed E-state index contributed by atoms with van der Waals surface area (Å²) in [4.78, 5) is 0. The number of rotatable bonds is 2. The van der Waals surface area contributed by atoms with E-state index >= 15 is 0 Å². The van der Waals surface area contributed by atoms with Crippen LogP contribution in [0.1, 0.15) is 0 Å². The van der Waals surface area contributed by atoms with Gasteiger partial charge in [-0.05, 0) is 12.1 Å². The lowest BCUT2D eigenvalue weighted by Gasteiger charge is -1.96. The summed E-state index contributed by atoms with van der Waals surface area (Å²) < 4.78 is 37.4. The molecule has 8 heteroatoms. The topological polar surface area (TPSA) is 73.1 Å². The summed E-state index contributed by atoms with van der Waals surface area (Å²) >= 11 is 1.68. The normalized spacial score (nSPS) is 10.4. The van der Waals surface area contributed by atoms with E-state index in [1.807, 2.05) is 25.2 Å². The van der Waals surface area contributed by atoms with Gasteiger partial charge >= 0.3 is 0 Å². The SMILES string of the molecule is C[n+]1sccc1Nc1ccccc1.O=S(=O)([O-])F. The molecule has 2 aromatic rings. The highest BCUT2D eigenvalue weighted by atomic mass is 32.3.